The minimum absolute atomic E-state index is 0.146. The molecule has 0 bridgehead atoms. The lowest BCUT2D eigenvalue weighted by Crippen LogP contribution is -2.54. The van der Waals surface area contributed by atoms with Crippen molar-refractivity contribution in [3.05, 3.63) is 28.2 Å². The lowest BCUT2D eigenvalue weighted by molar-refractivity contribution is -0.0656. The maximum atomic E-state index is 13.8. The van der Waals surface area contributed by atoms with Gasteiger partial charge in [0.25, 0.3) is 0 Å². The zero-order chi connectivity index (χ0) is 15.8. The van der Waals surface area contributed by atoms with Gasteiger partial charge < -0.3 is 15.2 Å². The molecule has 7 heteroatoms. The number of nitrogens with zero attached hydrogens (tertiary/aromatic N) is 1. The van der Waals surface area contributed by atoms with E-state index in [9.17, 15) is 14.3 Å². The Labute approximate surface area is 131 Å². The van der Waals surface area contributed by atoms with Crippen LogP contribution >= 0.6 is 15.9 Å². The van der Waals surface area contributed by atoms with Crippen molar-refractivity contribution in [2.24, 2.45) is 0 Å². The van der Waals surface area contributed by atoms with E-state index in [0.29, 0.717) is 4.60 Å². The van der Waals surface area contributed by atoms with Crippen LogP contribution in [0.3, 0.4) is 0 Å². The summed E-state index contributed by atoms with van der Waals surface area (Å²) in [5, 5.41) is 13.0. The molecule has 21 heavy (non-hydrogen) atoms. The van der Waals surface area contributed by atoms with Gasteiger partial charge >= 0.3 is 6.09 Å². The highest BCUT2D eigenvalue weighted by Gasteiger charge is 2.47. The van der Waals surface area contributed by atoms with E-state index in [1.165, 1.54) is 6.07 Å². The number of aliphatic hydroxyl groups is 1. The third-order valence-electron chi connectivity index (χ3n) is 3.21. The van der Waals surface area contributed by atoms with Crippen LogP contribution in [0, 0.1) is 5.95 Å². The van der Waals surface area contributed by atoms with Crippen molar-refractivity contribution >= 4 is 22.0 Å². The molecule has 0 radical (unpaired) electrons. The van der Waals surface area contributed by atoms with Crippen LogP contribution in [0.2, 0.25) is 0 Å². The van der Waals surface area contributed by atoms with Crippen LogP contribution in [0.25, 0.3) is 0 Å². The standard InChI is InChI=1S/C14H18BrFN2O3/c1-13(2,3)21-12(19)17-8-6-14(20,7-8)9-4-5-10(15)18-11(9)16/h4-5,8,20H,6-7H2,1-3H3,(H,17,19). The molecule has 0 aliphatic heterocycles. The summed E-state index contributed by atoms with van der Waals surface area (Å²) < 4.78 is 19.3. The number of ether oxygens (including phenoxy) is 1. The fourth-order valence-electron chi connectivity index (χ4n) is 2.31. The molecule has 0 spiro atoms. The number of carbonyl (C=O) groups excluding carboxylic acids is 1. The number of alkyl carbamates (subject to hydrolysis) is 1. The first-order chi connectivity index (χ1) is 9.59. The molecule has 0 aromatic carbocycles. The maximum Gasteiger partial charge on any atom is 0.407 e. The molecule has 5 nitrogen and oxygen atoms in total. The normalized spacial score (nSPS) is 25.1. The largest absolute Gasteiger partial charge is 0.444 e. The Bertz CT molecular complexity index is 554. The van der Waals surface area contributed by atoms with Gasteiger partial charge in [0.15, 0.2) is 0 Å². The summed E-state index contributed by atoms with van der Waals surface area (Å²) in [6.45, 7) is 5.31. The van der Waals surface area contributed by atoms with E-state index in [1.807, 2.05) is 0 Å². The van der Waals surface area contributed by atoms with Crippen molar-refractivity contribution in [1.82, 2.24) is 10.3 Å². The van der Waals surface area contributed by atoms with E-state index in [4.69, 9.17) is 4.74 Å². The van der Waals surface area contributed by atoms with Gasteiger partial charge in [0.2, 0.25) is 5.95 Å². The van der Waals surface area contributed by atoms with Gasteiger partial charge in [-0.25, -0.2) is 9.78 Å². The minimum Gasteiger partial charge on any atom is -0.444 e. The number of rotatable bonds is 2. The summed E-state index contributed by atoms with van der Waals surface area (Å²) in [4.78, 5) is 15.2. The number of nitrogens with one attached hydrogen (secondary N) is 1. The van der Waals surface area contributed by atoms with E-state index in [2.05, 4.69) is 26.2 Å². The molecule has 1 aliphatic carbocycles. The number of hydrogen-bond donors (Lipinski definition) is 2. The molecule has 0 saturated heterocycles. The Kier molecular flexibility index (Phi) is 4.26. The summed E-state index contributed by atoms with van der Waals surface area (Å²) in [6, 6.07) is 2.83. The van der Waals surface area contributed by atoms with Crippen molar-refractivity contribution in [2.45, 2.75) is 50.9 Å². The van der Waals surface area contributed by atoms with Crippen molar-refractivity contribution in [3.8, 4) is 0 Å². The predicted molar refractivity (Wildman–Crippen MR) is 78.2 cm³/mol. The van der Waals surface area contributed by atoms with Gasteiger partial charge in [-0.2, -0.15) is 4.39 Å². The van der Waals surface area contributed by atoms with Crippen molar-refractivity contribution in [3.63, 3.8) is 0 Å². The molecule has 0 atom stereocenters. The molecular weight excluding hydrogens is 343 g/mol. The third kappa shape index (κ3) is 3.91. The zero-order valence-corrected chi connectivity index (χ0v) is 13.7. The average molecular weight is 361 g/mol. The van der Waals surface area contributed by atoms with Crippen LogP contribution in [-0.4, -0.2) is 27.8 Å². The van der Waals surface area contributed by atoms with E-state index >= 15 is 0 Å². The quantitative estimate of drug-likeness (QED) is 0.795. The van der Waals surface area contributed by atoms with Gasteiger partial charge in [0.05, 0.1) is 5.60 Å². The maximum absolute atomic E-state index is 13.8. The average Bonchev–Trinajstić information content (AvgIpc) is 2.23. The first-order valence-electron chi connectivity index (χ1n) is 6.63. The molecular formula is C14H18BrFN2O3. The fraction of sp³-hybridized carbons (Fsp3) is 0.571. The lowest BCUT2D eigenvalue weighted by atomic mass is 9.71. The third-order valence-corrected chi connectivity index (χ3v) is 3.65. The highest BCUT2D eigenvalue weighted by Crippen LogP contribution is 2.42. The molecule has 2 N–H and O–H groups in total. The minimum atomic E-state index is -1.29. The SMILES string of the molecule is CC(C)(C)OC(=O)NC1CC(O)(c2ccc(Br)nc2F)C1. The van der Waals surface area contributed by atoms with Crippen molar-refractivity contribution in [2.75, 3.05) is 0 Å². The van der Waals surface area contributed by atoms with Gasteiger partial charge in [0.1, 0.15) is 10.2 Å². The number of pyridine rings is 1. The highest BCUT2D eigenvalue weighted by atomic mass is 79.9. The zero-order valence-electron chi connectivity index (χ0n) is 12.1. The molecule has 0 unspecified atom stereocenters. The summed E-state index contributed by atoms with van der Waals surface area (Å²) in [6.07, 6.45) is -0.0807. The van der Waals surface area contributed by atoms with Crippen molar-refractivity contribution < 1.29 is 19.0 Å². The number of aromatic nitrogens is 1. The Balaban J connectivity index is 1.94. The molecule has 116 valence electrons. The van der Waals surface area contributed by atoms with Crippen LogP contribution in [0.15, 0.2) is 16.7 Å². The second-order valence-corrected chi connectivity index (χ2v) is 7.07. The van der Waals surface area contributed by atoms with Gasteiger partial charge in [-0.3, -0.25) is 0 Å². The van der Waals surface area contributed by atoms with E-state index in [1.54, 1.807) is 26.8 Å². The molecule has 1 heterocycles. The number of halogens is 2. The highest BCUT2D eigenvalue weighted by molar-refractivity contribution is 9.10. The Morgan fingerprint density at radius 1 is 1.52 bits per heavy atom. The Hall–Kier alpha value is -1.21. The predicted octanol–water partition coefficient (Wildman–Crippen LogP) is 2.86. The Morgan fingerprint density at radius 3 is 2.67 bits per heavy atom. The van der Waals surface area contributed by atoms with Crippen LogP contribution in [0.4, 0.5) is 9.18 Å². The summed E-state index contributed by atoms with van der Waals surface area (Å²) in [5.41, 5.74) is -1.73. The van der Waals surface area contributed by atoms with Crippen LogP contribution in [-0.2, 0) is 10.3 Å². The van der Waals surface area contributed by atoms with Gasteiger partial charge in [-0.05, 0) is 48.8 Å². The van der Waals surface area contributed by atoms with Crippen LogP contribution < -0.4 is 5.32 Å². The first-order valence-corrected chi connectivity index (χ1v) is 7.43. The molecule has 1 aromatic rings. The molecule has 1 aromatic heterocycles. The molecule has 1 saturated carbocycles. The topological polar surface area (TPSA) is 71.5 Å². The number of amides is 1. The smallest absolute Gasteiger partial charge is 0.407 e. The summed E-state index contributed by atoms with van der Waals surface area (Å²) in [5.74, 6) is -0.706. The summed E-state index contributed by atoms with van der Waals surface area (Å²) in [7, 11) is 0. The van der Waals surface area contributed by atoms with Gasteiger partial charge in [0, 0.05) is 24.4 Å². The van der Waals surface area contributed by atoms with E-state index < -0.39 is 23.2 Å². The van der Waals surface area contributed by atoms with Crippen LogP contribution in [0.5, 0.6) is 0 Å². The van der Waals surface area contributed by atoms with Gasteiger partial charge in [-0.15, -0.1) is 0 Å². The van der Waals surface area contributed by atoms with E-state index in [0.717, 1.165) is 0 Å². The molecule has 1 amide bonds. The molecule has 1 fully saturated rings. The van der Waals surface area contributed by atoms with Gasteiger partial charge in [-0.1, -0.05) is 0 Å². The summed E-state index contributed by atoms with van der Waals surface area (Å²) >= 11 is 3.07. The monoisotopic (exact) mass is 360 g/mol. The van der Waals surface area contributed by atoms with Crippen molar-refractivity contribution in [1.29, 1.82) is 0 Å². The number of hydrogen-bond acceptors (Lipinski definition) is 4. The second kappa shape index (κ2) is 5.53. The first kappa shape index (κ1) is 16.2. The fourth-order valence-corrected chi connectivity index (χ4v) is 2.60. The number of carbonyl (C=O) groups is 1. The molecule has 1 aliphatic rings. The van der Waals surface area contributed by atoms with E-state index in [-0.39, 0.29) is 24.4 Å². The second-order valence-electron chi connectivity index (χ2n) is 6.26. The molecule has 2 rings (SSSR count). The Morgan fingerprint density at radius 2 is 2.14 bits per heavy atom. The van der Waals surface area contributed by atoms with Crippen LogP contribution in [0.1, 0.15) is 39.2 Å². The lowest BCUT2D eigenvalue weighted by Gasteiger charge is -2.43.